The second-order valence-electron chi connectivity index (χ2n) is 3.32. The van der Waals surface area contributed by atoms with Crippen molar-refractivity contribution < 1.29 is 0 Å². The number of halogens is 2. The summed E-state index contributed by atoms with van der Waals surface area (Å²) in [6.45, 7) is 2.04. The van der Waals surface area contributed by atoms with Crippen LogP contribution in [0.4, 0.5) is 0 Å². The molecule has 0 saturated heterocycles. The zero-order valence-corrected chi connectivity index (χ0v) is 11.7. The van der Waals surface area contributed by atoms with Crippen LogP contribution in [0.2, 0.25) is 8.67 Å². The average Bonchev–Trinajstić information content (AvgIpc) is 2.83. The van der Waals surface area contributed by atoms with Crippen molar-refractivity contribution in [3.05, 3.63) is 25.1 Å². The Bertz CT molecular complexity index is 493. The normalized spacial score (nSPS) is 13.0. The van der Waals surface area contributed by atoms with Crippen molar-refractivity contribution in [1.82, 2.24) is 4.98 Å². The molecule has 1 atom stereocenters. The van der Waals surface area contributed by atoms with Crippen LogP contribution in [-0.4, -0.2) is 4.98 Å². The van der Waals surface area contributed by atoms with E-state index in [0.717, 1.165) is 22.7 Å². The molecule has 16 heavy (non-hydrogen) atoms. The highest BCUT2D eigenvalue weighted by Gasteiger charge is 2.14. The van der Waals surface area contributed by atoms with Gasteiger partial charge in [-0.1, -0.05) is 30.1 Å². The maximum atomic E-state index is 6.07. The van der Waals surface area contributed by atoms with Gasteiger partial charge >= 0.3 is 0 Å². The number of thiophene rings is 1. The third kappa shape index (κ3) is 2.41. The summed E-state index contributed by atoms with van der Waals surface area (Å²) in [7, 11) is 0. The largest absolute Gasteiger partial charge is 0.322 e. The minimum Gasteiger partial charge on any atom is -0.322 e. The van der Waals surface area contributed by atoms with E-state index < -0.39 is 0 Å². The van der Waals surface area contributed by atoms with E-state index in [4.69, 9.17) is 28.9 Å². The van der Waals surface area contributed by atoms with E-state index in [-0.39, 0.29) is 6.04 Å². The van der Waals surface area contributed by atoms with Gasteiger partial charge in [-0.3, -0.25) is 0 Å². The topological polar surface area (TPSA) is 38.9 Å². The third-order valence-electron chi connectivity index (χ3n) is 2.21. The van der Waals surface area contributed by atoms with Crippen LogP contribution in [0.25, 0.3) is 11.3 Å². The van der Waals surface area contributed by atoms with Crippen molar-refractivity contribution in [2.24, 2.45) is 5.73 Å². The molecule has 2 rings (SSSR count). The van der Waals surface area contributed by atoms with Crippen LogP contribution in [0.1, 0.15) is 24.4 Å². The Morgan fingerprint density at radius 1 is 1.50 bits per heavy atom. The van der Waals surface area contributed by atoms with Crippen molar-refractivity contribution >= 4 is 45.9 Å². The van der Waals surface area contributed by atoms with Gasteiger partial charge < -0.3 is 5.73 Å². The fourth-order valence-corrected chi connectivity index (χ4v) is 3.66. The summed E-state index contributed by atoms with van der Waals surface area (Å²) < 4.78 is 1.35. The van der Waals surface area contributed by atoms with Crippen molar-refractivity contribution in [3.8, 4) is 11.3 Å². The minimum absolute atomic E-state index is 0.00614. The van der Waals surface area contributed by atoms with Gasteiger partial charge in [-0.25, -0.2) is 4.98 Å². The van der Waals surface area contributed by atoms with Gasteiger partial charge in [0.1, 0.15) is 9.34 Å². The van der Waals surface area contributed by atoms with Crippen LogP contribution in [0.5, 0.6) is 0 Å². The summed E-state index contributed by atoms with van der Waals surface area (Å²) in [5, 5.41) is 2.91. The lowest BCUT2D eigenvalue weighted by Gasteiger charge is -2.02. The molecule has 0 aliphatic rings. The molecular formula is C10H10Cl2N2S2. The molecule has 0 amide bonds. The first-order valence-electron chi connectivity index (χ1n) is 4.78. The molecule has 2 nitrogen and oxygen atoms in total. The van der Waals surface area contributed by atoms with Crippen molar-refractivity contribution in [1.29, 1.82) is 0 Å². The Morgan fingerprint density at radius 2 is 2.25 bits per heavy atom. The Morgan fingerprint density at radius 3 is 2.81 bits per heavy atom. The molecular weight excluding hydrogens is 283 g/mol. The van der Waals surface area contributed by atoms with Gasteiger partial charge in [0.25, 0.3) is 0 Å². The predicted octanol–water partition coefficient (Wildman–Crippen LogP) is 4.59. The lowest BCUT2D eigenvalue weighted by molar-refractivity contribution is 0.693. The van der Waals surface area contributed by atoms with E-state index in [1.54, 1.807) is 11.3 Å². The third-order valence-corrected chi connectivity index (χ3v) is 4.68. The van der Waals surface area contributed by atoms with Crippen LogP contribution < -0.4 is 5.73 Å². The zero-order chi connectivity index (χ0) is 11.7. The lowest BCUT2D eigenvalue weighted by atomic mass is 10.2. The van der Waals surface area contributed by atoms with E-state index in [1.165, 1.54) is 11.3 Å². The highest BCUT2D eigenvalue weighted by molar-refractivity contribution is 7.20. The Hall–Kier alpha value is -0.130. The average molecular weight is 293 g/mol. The monoisotopic (exact) mass is 292 g/mol. The zero-order valence-electron chi connectivity index (χ0n) is 8.54. The van der Waals surface area contributed by atoms with Crippen LogP contribution in [0, 0.1) is 0 Å². The molecule has 86 valence electrons. The number of rotatable bonds is 3. The van der Waals surface area contributed by atoms with Gasteiger partial charge in [-0.05, 0) is 12.5 Å². The first-order valence-corrected chi connectivity index (χ1v) is 7.23. The molecule has 2 heterocycles. The maximum absolute atomic E-state index is 6.07. The summed E-state index contributed by atoms with van der Waals surface area (Å²) in [5.74, 6) is 0. The van der Waals surface area contributed by atoms with Gasteiger partial charge in [0, 0.05) is 10.9 Å². The van der Waals surface area contributed by atoms with Crippen LogP contribution >= 0.6 is 45.9 Å². The highest BCUT2D eigenvalue weighted by Crippen LogP contribution is 2.38. The van der Waals surface area contributed by atoms with Gasteiger partial charge in [0.15, 0.2) is 0 Å². The quantitative estimate of drug-likeness (QED) is 0.899. The molecule has 6 heteroatoms. The van der Waals surface area contributed by atoms with Gasteiger partial charge in [-0.15, -0.1) is 22.7 Å². The van der Waals surface area contributed by atoms with Crippen molar-refractivity contribution in [3.63, 3.8) is 0 Å². The molecule has 2 aromatic rings. The number of hydrogen-bond donors (Lipinski definition) is 1. The SMILES string of the molecule is CCC(N)c1nc(-c2cc(Cl)sc2Cl)cs1. The molecule has 0 bridgehead atoms. The van der Waals surface area contributed by atoms with E-state index in [1.807, 2.05) is 18.4 Å². The molecule has 0 fully saturated rings. The van der Waals surface area contributed by atoms with Crippen molar-refractivity contribution in [2.75, 3.05) is 0 Å². The number of nitrogens with two attached hydrogens (primary N) is 1. The van der Waals surface area contributed by atoms with Gasteiger partial charge in [-0.2, -0.15) is 0 Å². The summed E-state index contributed by atoms with van der Waals surface area (Å²) in [5.41, 5.74) is 7.67. The van der Waals surface area contributed by atoms with E-state index in [0.29, 0.717) is 8.67 Å². The summed E-state index contributed by atoms with van der Waals surface area (Å²) in [4.78, 5) is 4.48. The number of thiazole rings is 1. The number of nitrogens with zero attached hydrogens (tertiary/aromatic N) is 1. The fourth-order valence-electron chi connectivity index (χ4n) is 1.27. The molecule has 1 unspecified atom stereocenters. The van der Waals surface area contributed by atoms with Crippen molar-refractivity contribution in [2.45, 2.75) is 19.4 Å². The molecule has 0 spiro atoms. The molecule has 2 N–H and O–H groups in total. The number of aromatic nitrogens is 1. The molecule has 0 aliphatic carbocycles. The van der Waals surface area contributed by atoms with Gasteiger partial charge in [0.05, 0.1) is 16.1 Å². The second-order valence-corrected chi connectivity index (χ2v) is 6.50. The maximum Gasteiger partial charge on any atom is 0.110 e. The van der Waals surface area contributed by atoms with Crippen LogP contribution in [0.15, 0.2) is 11.4 Å². The molecule has 0 aromatic carbocycles. The highest BCUT2D eigenvalue weighted by atomic mass is 35.5. The van der Waals surface area contributed by atoms with E-state index in [2.05, 4.69) is 4.98 Å². The first kappa shape index (κ1) is 12.3. The Kier molecular flexibility index (Phi) is 3.87. The minimum atomic E-state index is 0.00614. The standard InChI is InChI=1S/C10H10Cl2N2S2/c1-2-6(13)10-14-7(4-15-10)5-3-8(11)16-9(5)12/h3-4,6H,2,13H2,1H3. The molecule has 0 saturated carbocycles. The predicted molar refractivity (Wildman–Crippen MR) is 72.7 cm³/mol. The van der Waals surface area contributed by atoms with Gasteiger partial charge in [0.2, 0.25) is 0 Å². The Balaban J connectivity index is 2.35. The second kappa shape index (κ2) is 5.02. The Labute approximate surface area is 112 Å². The lowest BCUT2D eigenvalue weighted by Crippen LogP contribution is -2.07. The first-order chi connectivity index (χ1) is 7.61. The molecule has 2 aromatic heterocycles. The van der Waals surface area contributed by atoms with E-state index >= 15 is 0 Å². The fraction of sp³-hybridized carbons (Fsp3) is 0.300. The molecule has 0 radical (unpaired) electrons. The summed E-state index contributed by atoms with van der Waals surface area (Å²) >= 11 is 14.9. The summed E-state index contributed by atoms with van der Waals surface area (Å²) in [6, 6.07) is 1.84. The number of hydrogen-bond acceptors (Lipinski definition) is 4. The van der Waals surface area contributed by atoms with E-state index in [9.17, 15) is 0 Å². The molecule has 0 aliphatic heterocycles. The van der Waals surface area contributed by atoms with Crippen LogP contribution in [0.3, 0.4) is 0 Å². The van der Waals surface area contributed by atoms with Crippen LogP contribution in [-0.2, 0) is 0 Å². The smallest absolute Gasteiger partial charge is 0.110 e. The summed E-state index contributed by atoms with van der Waals surface area (Å²) in [6.07, 6.45) is 0.880.